The van der Waals surface area contributed by atoms with Gasteiger partial charge in [-0.3, -0.25) is 4.79 Å². The molecular weight excluding hydrogens is 281 g/mol. The van der Waals surface area contributed by atoms with Crippen LogP contribution >= 0.6 is 0 Å². The topological polar surface area (TPSA) is 42.2 Å². The summed E-state index contributed by atoms with van der Waals surface area (Å²) >= 11 is 0. The summed E-state index contributed by atoms with van der Waals surface area (Å²) in [7, 11) is 0. The van der Waals surface area contributed by atoms with Crippen LogP contribution in [0.3, 0.4) is 0 Å². The number of carbonyl (C=O) groups is 1. The van der Waals surface area contributed by atoms with E-state index in [0.29, 0.717) is 12.1 Å². The van der Waals surface area contributed by atoms with Gasteiger partial charge < -0.3 is 9.73 Å². The van der Waals surface area contributed by atoms with Gasteiger partial charge in [-0.15, -0.1) is 0 Å². The first-order chi connectivity index (χ1) is 10.7. The Bertz CT molecular complexity index is 864. The van der Waals surface area contributed by atoms with Gasteiger partial charge in [0.15, 0.2) is 11.4 Å². The first-order valence-electron chi connectivity index (χ1n) is 7.59. The third-order valence-electron chi connectivity index (χ3n) is 4.26. The number of halogens is 1. The number of hydrogen-bond donors (Lipinski definition) is 1. The summed E-state index contributed by atoms with van der Waals surface area (Å²) in [6.07, 6.45) is 4.25. The number of amides is 1. The zero-order valence-electron chi connectivity index (χ0n) is 12.1. The summed E-state index contributed by atoms with van der Waals surface area (Å²) in [5, 5.41) is 5.63. The van der Waals surface area contributed by atoms with E-state index in [4.69, 9.17) is 4.42 Å². The zero-order valence-corrected chi connectivity index (χ0v) is 12.1. The molecule has 1 heterocycles. The number of nitrogens with one attached hydrogen (secondary N) is 1. The monoisotopic (exact) mass is 297 g/mol. The van der Waals surface area contributed by atoms with E-state index in [1.165, 1.54) is 12.3 Å². The van der Waals surface area contributed by atoms with Gasteiger partial charge >= 0.3 is 0 Å². The van der Waals surface area contributed by atoms with Crippen molar-refractivity contribution >= 4 is 27.6 Å². The molecule has 22 heavy (non-hydrogen) atoms. The standard InChI is InChI=1S/C18H16FNO2/c19-15-10-13-3-1-2-11(6-8-20-18(21)12-4-5-12)16(13)14-7-9-22-17(14)15/h1-3,7,9-10,12H,4-6,8H2,(H,20,21). The van der Waals surface area contributed by atoms with E-state index >= 15 is 0 Å². The van der Waals surface area contributed by atoms with Crippen molar-refractivity contribution in [3.05, 3.63) is 48.0 Å². The van der Waals surface area contributed by atoms with Gasteiger partial charge in [-0.2, -0.15) is 0 Å². The maximum atomic E-state index is 14.0. The van der Waals surface area contributed by atoms with Crippen LogP contribution in [0.5, 0.6) is 0 Å². The van der Waals surface area contributed by atoms with Crippen molar-refractivity contribution in [3.8, 4) is 0 Å². The van der Waals surface area contributed by atoms with E-state index in [2.05, 4.69) is 5.32 Å². The average molecular weight is 297 g/mol. The Hall–Kier alpha value is -2.36. The quantitative estimate of drug-likeness (QED) is 0.796. The lowest BCUT2D eigenvalue weighted by Gasteiger charge is -2.09. The van der Waals surface area contributed by atoms with Crippen LogP contribution in [-0.4, -0.2) is 12.5 Å². The van der Waals surface area contributed by atoms with Gasteiger partial charge in [0, 0.05) is 17.8 Å². The normalized spacial score (nSPS) is 14.6. The maximum absolute atomic E-state index is 14.0. The lowest BCUT2D eigenvalue weighted by molar-refractivity contribution is -0.122. The number of benzene rings is 2. The highest BCUT2D eigenvalue weighted by molar-refractivity contribution is 6.07. The van der Waals surface area contributed by atoms with Crippen molar-refractivity contribution in [1.82, 2.24) is 5.32 Å². The van der Waals surface area contributed by atoms with Crippen LogP contribution in [0.1, 0.15) is 18.4 Å². The molecule has 3 aromatic rings. The molecular formula is C18H16FNO2. The van der Waals surface area contributed by atoms with Gasteiger partial charge in [0.25, 0.3) is 0 Å². The molecule has 1 saturated carbocycles. The second kappa shape index (κ2) is 5.13. The highest BCUT2D eigenvalue weighted by Crippen LogP contribution is 2.32. The molecule has 1 N–H and O–H groups in total. The molecule has 0 unspecified atom stereocenters. The summed E-state index contributed by atoms with van der Waals surface area (Å²) in [6, 6.07) is 9.15. The number of carbonyl (C=O) groups excluding carboxylic acids is 1. The van der Waals surface area contributed by atoms with Crippen molar-refractivity contribution in [2.45, 2.75) is 19.3 Å². The fraction of sp³-hybridized carbons (Fsp3) is 0.278. The second-order valence-corrected chi connectivity index (χ2v) is 5.85. The van der Waals surface area contributed by atoms with E-state index in [9.17, 15) is 9.18 Å². The number of fused-ring (bicyclic) bond motifs is 3. The largest absolute Gasteiger partial charge is 0.461 e. The molecule has 4 heteroatoms. The predicted octanol–water partition coefficient (Wildman–Crippen LogP) is 3.79. The van der Waals surface area contributed by atoms with Crippen LogP contribution in [0.2, 0.25) is 0 Å². The van der Waals surface area contributed by atoms with E-state index in [-0.39, 0.29) is 17.6 Å². The summed E-state index contributed by atoms with van der Waals surface area (Å²) in [6.45, 7) is 0.602. The summed E-state index contributed by atoms with van der Waals surface area (Å²) < 4.78 is 19.2. The van der Waals surface area contributed by atoms with Crippen LogP contribution in [0.4, 0.5) is 4.39 Å². The molecule has 1 fully saturated rings. The highest BCUT2D eigenvalue weighted by Gasteiger charge is 2.29. The number of rotatable bonds is 4. The molecule has 3 nitrogen and oxygen atoms in total. The minimum Gasteiger partial charge on any atom is -0.461 e. The molecule has 0 saturated heterocycles. The van der Waals surface area contributed by atoms with Crippen LogP contribution in [0, 0.1) is 11.7 Å². The third-order valence-corrected chi connectivity index (χ3v) is 4.26. The maximum Gasteiger partial charge on any atom is 0.223 e. The molecule has 1 amide bonds. The molecule has 0 atom stereocenters. The minimum atomic E-state index is -0.341. The zero-order chi connectivity index (χ0) is 15.1. The lowest BCUT2D eigenvalue weighted by Crippen LogP contribution is -2.26. The predicted molar refractivity (Wildman–Crippen MR) is 83.1 cm³/mol. The average Bonchev–Trinajstić information content (AvgIpc) is 3.24. The molecule has 0 spiro atoms. The van der Waals surface area contributed by atoms with Gasteiger partial charge in [0.2, 0.25) is 5.91 Å². The lowest BCUT2D eigenvalue weighted by atomic mass is 9.99. The SMILES string of the molecule is O=C(NCCc1cccc2cc(F)c3occc3c12)C1CC1. The van der Waals surface area contributed by atoms with Crippen molar-refractivity contribution in [1.29, 1.82) is 0 Å². The molecule has 1 aliphatic rings. The Balaban J connectivity index is 1.67. The smallest absolute Gasteiger partial charge is 0.223 e. The molecule has 0 aliphatic heterocycles. The molecule has 1 aliphatic carbocycles. The van der Waals surface area contributed by atoms with Gasteiger partial charge in [0.05, 0.1) is 6.26 Å². The highest BCUT2D eigenvalue weighted by atomic mass is 19.1. The molecule has 112 valence electrons. The van der Waals surface area contributed by atoms with E-state index in [1.54, 1.807) is 6.07 Å². The van der Waals surface area contributed by atoms with Crippen LogP contribution in [0.15, 0.2) is 41.0 Å². The summed E-state index contributed by atoms with van der Waals surface area (Å²) in [5.41, 5.74) is 1.39. The van der Waals surface area contributed by atoms with Crippen LogP contribution in [-0.2, 0) is 11.2 Å². The van der Waals surface area contributed by atoms with Crippen LogP contribution in [0.25, 0.3) is 21.7 Å². The molecule has 0 bridgehead atoms. The van der Waals surface area contributed by atoms with E-state index < -0.39 is 0 Å². The molecule has 0 radical (unpaired) electrons. The Labute approximate surface area is 127 Å². The van der Waals surface area contributed by atoms with Crippen molar-refractivity contribution in [2.24, 2.45) is 5.92 Å². The van der Waals surface area contributed by atoms with Gasteiger partial charge in [0.1, 0.15) is 0 Å². The molecule has 1 aromatic heterocycles. The van der Waals surface area contributed by atoms with Crippen molar-refractivity contribution < 1.29 is 13.6 Å². The summed E-state index contributed by atoms with van der Waals surface area (Å²) in [5.74, 6) is 0.0358. The second-order valence-electron chi connectivity index (χ2n) is 5.85. The number of hydrogen-bond acceptors (Lipinski definition) is 2. The minimum absolute atomic E-state index is 0.153. The van der Waals surface area contributed by atoms with Gasteiger partial charge in [-0.25, -0.2) is 4.39 Å². The van der Waals surface area contributed by atoms with Gasteiger partial charge in [-0.1, -0.05) is 18.2 Å². The Morgan fingerprint density at radius 3 is 3.00 bits per heavy atom. The third kappa shape index (κ3) is 2.25. The fourth-order valence-electron chi connectivity index (χ4n) is 2.98. The van der Waals surface area contributed by atoms with E-state index in [1.807, 2.05) is 18.2 Å². The molecule has 2 aromatic carbocycles. The van der Waals surface area contributed by atoms with Crippen LogP contribution < -0.4 is 5.32 Å². The first kappa shape index (κ1) is 13.3. The Kier molecular flexibility index (Phi) is 3.10. The van der Waals surface area contributed by atoms with Crippen molar-refractivity contribution in [3.63, 3.8) is 0 Å². The Morgan fingerprint density at radius 1 is 1.32 bits per heavy atom. The Morgan fingerprint density at radius 2 is 2.18 bits per heavy atom. The summed E-state index contributed by atoms with van der Waals surface area (Å²) in [4.78, 5) is 11.7. The molecule has 4 rings (SSSR count). The van der Waals surface area contributed by atoms with E-state index in [0.717, 1.165) is 41.0 Å². The van der Waals surface area contributed by atoms with Gasteiger partial charge in [-0.05, 0) is 47.7 Å². The fourth-order valence-corrected chi connectivity index (χ4v) is 2.98. The van der Waals surface area contributed by atoms with Crippen molar-refractivity contribution in [2.75, 3.05) is 6.54 Å². The number of furan rings is 1. The first-order valence-corrected chi connectivity index (χ1v) is 7.59.